The van der Waals surface area contributed by atoms with Crippen LogP contribution in [0.5, 0.6) is 0 Å². The van der Waals surface area contributed by atoms with Crippen LogP contribution in [0.25, 0.3) is 0 Å². The average molecular weight is 388 g/mol. The van der Waals surface area contributed by atoms with Gasteiger partial charge in [-0.15, -0.1) is 0 Å². The van der Waals surface area contributed by atoms with Crippen molar-refractivity contribution in [1.82, 2.24) is 9.96 Å². The summed E-state index contributed by atoms with van der Waals surface area (Å²) in [6, 6.07) is 6.31. The molecular formula is C20H24N2O6. The van der Waals surface area contributed by atoms with E-state index in [0.717, 1.165) is 0 Å². The van der Waals surface area contributed by atoms with Gasteiger partial charge in [0, 0.05) is 13.1 Å². The number of hydroxylamine groups is 2. The fraction of sp³-hybridized carbons (Fsp3) is 0.500. The Kier molecular flexibility index (Phi) is 5.14. The lowest BCUT2D eigenvalue weighted by atomic mass is 9.95. The van der Waals surface area contributed by atoms with Crippen LogP contribution in [0.3, 0.4) is 0 Å². The van der Waals surface area contributed by atoms with Gasteiger partial charge in [-0.2, -0.15) is 0 Å². The van der Waals surface area contributed by atoms with Gasteiger partial charge in [-0.1, -0.05) is 24.1 Å². The molecule has 8 heteroatoms. The Morgan fingerprint density at radius 2 is 1.64 bits per heavy atom. The Labute approximate surface area is 163 Å². The second-order valence-corrected chi connectivity index (χ2v) is 8.24. The summed E-state index contributed by atoms with van der Waals surface area (Å²) in [6.45, 7) is 8.14. The van der Waals surface area contributed by atoms with E-state index in [9.17, 15) is 19.2 Å². The summed E-state index contributed by atoms with van der Waals surface area (Å²) in [6.07, 6.45) is -0.427. The summed E-state index contributed by atoms with van der Waals surface area (Å²) in [5, 5.41) is 0.512. The second-order valence-electron chi connectivity index (χ2n) is 8.24. The van der Waals surface area contributed by atoms with Crippen LogP contribution in [0.4, 0.5) is 4.79 Å². The number of likely N-dealkylation sites (tertiary alicyclic amines) is 1. The number of imide groups is 1. The minimum atomic E-state index is -0.683. The molecule has 0 bridgehead atoms. The van der Waals surface area contributed by atoms with Crippen molar-refractivity contribution in [1.29, 1.82) is 0 Å². The van der Waals surface area contributed by atoms with Gasteiger partial charge in [0.25, 0.3) is 11.8 Å². The predicted molar refractivity (Wildman–Crippen MR) is 98.1 cm³/mol. The number of amides is 3. The summed E-state index contributed by atoms with van der Waals surface area (Å²) >= 11 is 0. The molecule has 150 valence electrons. The first-order valence-corrected chi connectivity index (χ1v) is 9.23. The van der Waals surface area contributed by atoms with Crippen LogP contribution in [0.2, 0.25) is 0 Å². The maximum Gasteiger partial charge on any atom is 0.410 e. The zero-order chi connectivity index (χ0) is 20.6. The number of fused-ring (bicyclic) bond motifs is 1. The van der Waals surface area contributed by atoms with E-state index < -0.39 is 29.5 Å². The highest BCUT2D eigenvalue weighted by atomic mass is 16.7. The third-order valence-electron chi connectivity index (χ3n) is 4.80. The summed E-state index contributed by atoms with van der Waals surface area (Å²) in [7, 11) is 0. The SMILES string of the molecule is C[C@@H]1CN(C(=O)OC(C)(C)C)C[C@H]1CC(=O)ON1C(=O)c2ccccc2C1=O. The van der Waals surface area contributed by atoms with Crippen molar-refractivity contribution in [2.24, 2.45) is 11.8 Å². The third kappa shape index (κ3) is 4.00. The molecule has 2 atom stereocenters. The Morgan fingerprint density at radius 3 is 2.18 bits per heavy atom. The smallest absolute Gasteiger partial charge is 0.410 e. The van der Waals surface area contributed by atoms with Crippen LogP contribution in [0.1, 0.15) is 54.8 Å². The van der Waals surface area contributed by atoms with E-state index in [2.05, 4.69) is 0 Å². The molecule has 2 heterocycles. The van der Waals surface area contributed by atoms with Crippen molar-refractivity contribution in [2.45, 2.75) is 39.7 Å². The number of hydrogen-bond acceptors (Lipinski definition) is 6. The van der Waals surface area contributed by atoms with Crippen molar-refractivity contribution in [3.63, 3.8) is 0 Å². The van der Waals surface area contributed by atoms with Crippen molar-refractivity contribution >= 4 is 23.9 Å². The molecule has 28 heavy (non-hydrogen) atoms. The molecule has 0 radical (unpaired) electrons. The number of nitrogens with zero attached hydrogens (tertiary/aromatic N) is 2. The number of carbonyl (C=O) groups excluding carboxylic acids is 4. The van der Waals surface area contributed by atoms with E-state index in [-0.39, 0.29) is 29.4 Å². The standard InChI is InChI=1S/C20H24N2O6/c1-12-10-21(19(26)27-20(2,3)4)11-13(12)9-16(23)28-22-17(24)14-7-5-6-8-15(14)18(22)25/h5-8,12-13H,9-11H2,1-4H3/t12-,13-/m1/s1. The molecule has 3 rings (SSSR count). The molecule has 0 N–H and O–H groups in total. The molecule has 1 fully saturated rings. The Hall–Kier alpha value is -2.90. The number of ether oxygens (including phenoxy) is 1. The topological polar surface area (TPSA) is 93.2 Å². The Bertz CT molecular complexity index is 793. The van der Waals surface area contributed by atoms with Gasteiger partial charge in [0.1, 0.15) is 5.60 Å². The second kappa shape index (κ2) is 7.26. The molecule has 2 aliphatic rings. The Morgan fingerprint density at radius 1 is 1.07 bits per heavy atom. The summed E-state index contributed by atoms with van der Waals surface area (Å²) in [5.74, 6) is -2.07. The zero-order valence-electron chi connectivity index (χ0n) is 16.4. The first-order chi connectivity index (χ1) is 13.1. The third-order valence-corrected chi connectivity index (χ3v) is 4.80. The van der Waals surface area contributed by atoms with Crippen LogP contribution in [0.15, 0.2) is 24.3 Å². The van der Waals surface area contributed by atoms with Crippen LogP contribution in [0, 0.1) is 11.8 Å². The van der Waals surface area contributed by atoms with Gasteiger partial charge >= 0.3 is 12.1 Å². The fourth-order valence-corrected chi connectivity index (χ4v) is 3.38. The van der Waals surface area contributed by atoms with Crippen molar-refractivity contribution < 1.29 is 28.8 Å². The molecule has 1 aromatic carbocycles. The lowest BCUT2D eigenvalue weighted by molar-refractivity contribution is -0.169. The van der Waals surface area contributed by atoms with Gasteiger partial charge in [0.15, 0.2) is 0 Å². The molecule has 8 nitrogen and oxygen atoms in total. The monoisotopic (exact) mass is 388 g/mol. The number of rotatable bonds is 3. The van der Waals surface area contributed by atoms with Crippen LogP contribution >= 0.6 is 0 Å². The fourth-order valence-electron chi connectivity index (χ4n) is 3.38. The maximum absolute atomic E-state index is 12.3. The first kappa shape index (κ1) is 19.9. The lowest BCUT2D eigenvalue weighted by Crippen LogP contribution is -2.36. The van der Waals surface area contributed by atoms with Crippen LogP contribution < -0.4 is 0 Å². The van der Waals surface area contributed by atoms with Gasteiger partial charge in [0.2, 0.25) is 0 Å². The van der Waals surface area contributed by atoms with Crippen LogP contribution in [-0.4, -0.2) is 52.5 Å². The molecule has 0 unspecified atom stereocenters. The van der Waals surface area contributed by atoms with Crippen molar-refractivity contribution in [2.75, 3.05) is 13.1 Å². The summed E-state index contributed by atoms with van der Waals surface area (Å²) < 4.78 is 5.37. The molecule has 0 saturated carbocycles. The van der Waals surface area contributed by atoms with E-state index in [0.29, 0.717) is 18.2 Å². The Balaban J connectivity index is 1.58. The zero-order valence-corrected chi connectivity index (χ0v) is 16.4. The van der Waals surface area contributed by atoms with E-state index in [1.54, 1.807) is 37.8 Å². The van der Waals surface area contributed by atoms with Gasteiger partial charge in [-0.25, -0.2) is 9.59 Å². The quantitative estimate of drug-likeness (QED) is 0.739. The minimum absolute atomic E-state index is 0.00608. The molecule has 0 aliphatic carbocycles. The largest absolute Gasteiger partial charge is 0.444 e. The molecule has 1 aromatic rings. The summed E-state index contributed by atoms with van der Waals surface area (Å²) in [4.78, 5) is 55.7. The average Bonchev–Trinajstić information content (AvgIpc) is 3.08. The molecule has 0 aromatic heterocycles. The highest BCUT2D eigenvalue weighted by Crippen LogP contribution is 2.29. The minimum Gasteiger partial charge on any atom is -0.444 e. The van der Waals surface area contributed by atoms with Crippen molar-refractivity contribution in [3.05, 3.63) is 35.4 Å². The summed E-state index contributed by atoms with van der Waals surface area (Å²) in [5.41, 5.74) is -0.167. The highest BCUT2D eigenvalue weighted by Gasteiger charge is 2.40. The molecule has 3 amide bonds. The number of hydrogen-bond donors (Lipinski definition) is 0. The molecular weight excluding hydrogens is 364 g/mol. The predicted octanol–water partition coefficient (Wildman–Crippen LogP) is 2.63. The number of carbonyl (C=O) groups is 4. The first-order valence-electron chi connectivity index (χ1n) is 9.23. The van der Waals surface area contributed by atoms with Gasteiger partial charge in [-0.05, 0) is 44.7 Å². The van der Waals surface area contributed by atoms with Gasteiger partial charge in [-0.3, -0.25) is 9.59 Å². The highest BCUT2D eigenvalue weighted by molar-refractivity contribution is 6.20. The number of benzene rings is 1. The van der Waals surface area contributed by atoms with Gasteiger partial charge in [0.05, 0.1) is 17.5 Å². The van der Waals surface area contributed by atoms with Gasteiger partial charge < -0.3 is 14.5 Å². The lowest BCUT2D eigenvalue weighted by Gasteiger charge is -2.24. The van der Waals surface area contributed by atoms with E-state index in [1.165, 1.54) is 12.1 Å². The van der Waals surface area contributed by atoms with E-state index >= 15 is 0 Å². The molecule has 2 aliphatic heterocycles. The molecule has 0 spiro atoms. The van der Waals surface area contributed by atoms with E-state index in [4.69, 9.17) is 9.57 Å². The maximum atomic E-state index is 12.3. The van der Waals surface area contributed by atoms with E-state index in [1.807, 2.05) is 6.92 Å². The molecule has 1 saturated heterocycles. The normalized spacial score (nSPS) is 21.7. The van der Waals surface area contributed by atoms with Crippen LogP contribution in [-0.2, 0) is 14.4 Å². The van der Waals surface area contributed by atoms with Crippen molar-refractivity contribution in [3.8, 4) is 0 Å².